The van der Waals surface area contributed by atoms with Crippen LogP contribution in [0.15, 0.2) is 59.8 Å². The molecular formula is C32H38N4O2S. The van der Waals surface area contributed by atoms with Crippen LogP contribution in [0.4, 0.5) is 0 Å². The van der Waals surface area contributed by atoms with Crippen LogP contribution >= 0.6 is 11.8 Å². The molecule has 1 atom stereocenters. The van der Waals surface area contributed by atoms with Crippen molar-refractivity contribution in [3.05, 3.63) is 82.7 Å². The SMILES string of the molecule is Cc1ccc(-n2c(SCC(=O)c3cc(C)n(C[C@@H]4CCCO4)c3C)nnc2-c2ccc(C(C)(C)C)cc2)cc1. The normalized spacial score (nSPS) is 15.7. The van der Waals surface area contributed by atoms with Crippen molar-refractivity contribution < 1.29 is 9.53 Å². The number of carbonyl (C=O) groups is 1. The lowest BCUT2D eigenvalue weighted by molar-refractivity contribution is 0.0957. The Morgan fingerprint density at radius 3 is 2.38 bits per heavy atom. The first-order valence-corrected chi connectivity index (χ1v) is 14.7. The molecule has 39 heavy (non-hydrogen) atoms. The van der Waals surface area contributed by atoms with Gasteiger partial charge in [-0.3, -0.25) is 9.36 Å². The topological polar surface area (TPSA) is 61.9 Å². The lowest BCUT2D eigenvalue weighted by atomic mass is 9.87. The summed E-state index contributed by atoms with van der Waals surface area (Å²) in [7, 11) is 0. The maximum atomic E-state index is 13.4. The minimum atomic E-state index is 0.0735. The van der Waals surface area contributed by atoms with E-state index in [-0.39, 0.29) is 23.1 Å². The van der Waals surface area contributed by atoms with E-state index in [0.29, 0.717) is 5.16 Å². The summed E-state index contributed by atoms with van der Waals surface area (Å²) >= 11 is 1.43. The molecule has 5 rings (SSSR count). The van der Waals surface area contributed by atoms with Crippen LogP contribution in [0, 0.1) is 20.8 Å². The molecule has 1 saturated heterocycles. The van der Waals surface area contributed by atoms with E-state index in [4.69, 9.17) is 4.74 Å². The van der Waals surface area contributed by atoms with Crippen LogP contribution in [-0.4, -0.2) is 43.6 Å². The van der Waals surface area contributed by atoms with Gasteiger partial charge >= 0.3 is 0 Å². The highest BCUT2D eigenvalue weighted by molar-refractivity contribution is 7.99. The number of ketones is 1. The highest BCUT2D eigenvalue weighted by Gasteiger charge is 2.23. The van der Waals surface area contributed by atoms with Crippen LogP contribution in [-0.2, 0) is 16.7 Å². The number of aryl methyl sites for hydroxylation is 2. The molecule has 204 valence electrons. The molecule has 0 unspecified atom stereocenters. The molecule has 0 radical (unpaired) electrons. The zero-order valence-electron chi connectivity index (χ0n) is 23.8. The summed E-state index contributed by atoms with van der Waals surface area (Å²) in [5.41, 5.74) is 7.38. The number of hydrogen-bond acceptors (Lipinski definition) is 5. The summed E-state index contributed by atoms with van der Waals surface area (Å²) in [5.74, 6) is 1.15. The molecule has 3 heterocycles. The van der Waals surface area contributed by atoms with E-state index in [1.807, 2.05) is 13.0 Å². The summed E-state index contributed by atoms with van der Waals surface area (Å²) in [6.07, 6.45) is 2.42. The van der Waals surface area contributed by atoms with Gasteiger partial charge in [0.2, 0.25) is 0 Å². The number of carbonyl (C=O) groups excluding carboxylic acids is 1. The Morgan fingerprint density at radius 2 is 1.74 bits per heavy atom. The van der Waals surface area contributed by atoms with Crippen LogP contribution in [0.2, 0.25) is 0 Å². The van der Waals surface area contributed by atoms with Gasteiger partial charge in [0.15, 0.2) is 16.8 Å². The van der Waals surface area contributed by atoms with Crippen molar-refractivity contribution in [2.24, 2.45) is 0 Å². The largest absolute Gasteiger partial charge is 0.376 e. The third-order valence-corrected chi connectivity index (χ3v) is 8.48. The molecule has 2 aromatic heterocycles. The second kappa shape index (κ2) is 11.1. The van der Waals surface area contributed by atoms with Gasteiger partial charge in [-0.05, 0) is 62.8 Å². The van der Waals surface area contributed by atoms with E-state index < -0.39 is 0 Å². The van der Waals surface area contributed by atoms with Gasteiger partial charge in [0.25, 0.3) is 0 Å². The monoisotopic (exact) mass is 542 g/mol. The minimum Gasteiger partial charge on any atom is -0.376 e. The third-order valence-electron chi connectivity index (χ3n) is 7.55. The van der Waals surface area contributed by atoms with Gasteiger partial charge in [-0.25, -0.2) is 0 Å². The number of benzene rings is 2. The Bertz CT molecular complexity index is 1450. The van der Waals surface area contributed by atoms with Gasteiger partial charge < -0.3 is 9.30 Å². The molecule has 1 aliphatic rings. The van der Waals surface area contributed by atoms with E-state index in [1.165, 1.54) is 22.9 Å². The molecule has 0 aliphatic carbocycles. The molecule has 7 heteroatoms. The second-order valence-corrected chi connectivity index (χ2v) is 12.5. The highest BCUT2D eigenvalue weighted by atomic mass is 32.2. The molecule has 0 N–H and O–H groups in total. The van der Waals surface area contributed by atoms with Crippen LogP contribution in [0.25, 0.3) is 17.1 Å². The van der Waals surface area contributed by atoms with Crippen molar-refractivity contribution in [1.82, 2.24) is 19.3 Å². The second-order valence-electron chi connectivity index (χ2n) is 11.5. The van der Waals surface area contributed by atoms with Gasteiger partial charge in [-0.1, -0.05) is 74.5 Å². The standard InChI is InChI=1S/C32H38N4O2S/c1-21-9-15-26(16-10-21)36-30(24-11-13-25(14-12-24)32(4,5)6)33-34-31(36)39-20-29(37)28-18-22(2)35(23(28)3)19-27-8-7-17-38-27/h9-16,18,27H,7-8,17,19-20H2,1-6H3/t27-/m0/s1. The Morgan fingerprint density at radius 1 is 1.03 bits per heavy atom. The molecule has 4 aromatic rings. The molecule has 1 fully saturated rings. The average molecular weight is 543 g/mol. The number of rotatable bonds is 8. The quantitative estimate of drug-likeness (QED) is 0.175. The lowest BCUT2D eigenvalue weighted by Gasteiger charge is -2.19. The number of aromatic nitrogens is 4. The summed E-state index contributed by atoms with van der Waals surface area (Å²) in [4.78, 5) is 13.4. The Hall–Kier alpha value is -3.16. The van der Waals surface area contributed by atoms with Crippen molar-refractivity contribution >= 4 is 17.5 Å². The van der Waals surface area contributed by atoms with Crippen molar-refractivity contribution in [2.75, 3.05) is 12.4 Å². The zero-order chi connectivity index (χ0) is 27.7. The fourth-order valence-electron chi connectivity index (χ4n) is 5.16. The van der Waals surface area contributed by atoms with E-state index in [1.54, 1.807) is 0 Å². The van der Waals surface area contributed by atoms with E-state index in [2.05, 4.69) is 102 Å². The van der Waals surface area contributed by atoms with Crippen LogP contribution in [0.5, 0.6) is 0 Å². The van der Waals surface area contributed by atoms with Crippen molar-refractivity contribution in [3.63, 3.8) is 0 Å². The lowest BCUT2D eigenvalue weighted by Crippen LogP contribution is -2.17. The smallest absolute Gasteiger partial charge is 0.196 e. The van der Waals surface area contributed by atoms with Crippen molar-refractivity contribution in [3.8, 4) is 17.1 Å². The summed E-state index contributed by atoms with van der Waals surface area (Å²) in [5, 5.41) is 9.83. The predicted octanol–water partition coefficient (Wildman–Crippen LogP) is 7.11. The van der Waals surface area contributed by atoms with Crippen LogP contribution in [0.1, 0.15) is 66.5 Å². The van der Waals surface area contributed by atoms with Gasteiger partial charge in [0, 0.05) is 41.4 Å². The average Bonchev–Trinajstić information content (AvgIpc) is 3.64. The number of Topliss-reactive ketones (excluding diaryl/α,β-unsaturated/α-hetero) is 1. The number of nitrogens with zero attached hydrogens (tertiary/aromatic N) is 4. The molecule has 1 aliphatic heterocycles. The molecule has 6 nitrogen and oxygen atoms in total. The first-order chi connectivity index (χ1) is 18.6. The summed E-state index contributed by atoms with van der Waals surface area (Å²) in [6, 6.07) is 18.9. The predicted molar refractivity (Wildman–Crippen MR) is 158 cm³/mol. The zero-order valence-corrected chi connectivity index (χ0v) is 24.6. The van der Waals surface area contributed by atoms with Gasteiger partial charge in [0.05, 0.1) is 11.9 Å². The van der Waals surface area contributed by atoms with Crippen molar-refractivity contribution in [2.45, 2.75) is 77.6 Å². The molecule has 0 saturated carbocycles. The molecule has 0 amide bonds. The summed E-state index contributed by atoms with van der Waals surface area (Å²) < 4.78 is 10.1. The fraction of sp³-hybridized carbons (Fsp3) is 0.406. The first-order valence-electron chi connectivity index (χ1n) is 13.7. The molecular weight excluding hydrogens is 504 g/mol. The minimum absolute atomic E-state index is 0.0735. The molecule has 0 spiro atoms. The van der Waals surface area contributed by atoms with Crippen LogP contribution < -0.4 is 0 Å². The Balaban J connectivity index is 1.41. The molecule has 2 aromatic carbocycles. The number of hydrogen-bond donors (Lipinski definition) is 0. The Labute approximate surface area is 235 Å². The van der Waals surface area contributed by atoms with Gasteiger partial charge in [0.1, 0.15) is 0 Å². The van der Waals surface area contributed by atoms with Gasteiger partial charge in [-0.2, -0.15) is 0 Å². The first kappa shape index (κ1) is 27.4. The van der Waals surface area contributed by atoms with Crippen molar-refractivity contribution in [1.29, 1.82) is 0 Å². The highest BCUT2D eigenvalue weighted by Crippen LogP contribution is 2.31. The van der Waals surface area contributed by atoms with Crippen LogP contribution in [0.3, 0.4) is 0 Å². The van der Waals surface area contributed by atoms with E-state index >= 15 is 0 Å². The maximum absolute atomic E-state index is 13.4. The van der Waals surface area contributed by atoms with E-state index in [9.17, 15) is 4.79 Å². The summed E-state index contributed by atoms with van der Waals surface area (Å²) in [6.45, 7) is 14.4. The number of thioether (sulfide) groups is 1. The van der Waals surface area contributed by atoms with Gasteiger partial charge in [-0.15, -0.1) is 10.2 Å². The fourth-order valence-corrected chi connectivity index (χ4v) is 6.00. The number of ether oxygens (including phenoxy) is 1. The van der Waals surface area contributed by atoms with E-state index in [0.717, 1.165) is 60.0 Å². The molecule has 0 bridgehead atoms. The Kier molecular flexibility index (Phi) is 7.83. The maximum Gasteiger partial charge on any atom is 0.196 e. The third kappa shape index (κ3) is 5.89.